The number of carbonyl (C=O) groups is 1. The molecule has 1 fully saturated rings. The molecule has 1 N–H and O–H groups in total. The number of rotatable bonds is 6. The first-order valence-electron chi connectivity index (χ1n) is 7.52. The highest BCUT2D eigenvalue weighted by atomic mass is 16.5. The molecule has 1 aliphatic heterocycles. The molecule has 0 saturated heterocycles. The third-order valence-electron chi connectivity index (χ3n) is 4.01. The van der Waals surface area contributed by atoms with E-state index in [0.717, 1.165) is 25.3 Å². The number of benzene rings is 1. The van der Waals surface area contributed by atoms with E-state index in [2.05, 4.69) is 11.4 Å². The van der Waals surface area contributed by atoms with Gasteiger partial charge < -0.3 is 15.0 Å². The molecule has 1 aromatic rings. The van der Waals surface area contributed by atoms with Gasteiger partial charge in [-0.3, -0.25) is 4.79 Å². The van der Waals surface area contributed by atoms with Crippen molar-refractivity contribution in [3.8, 4) is 5.75 Å². The molecule has 4 nitrogen and oxygen atoms in total. The van der Waals surface area contributed by atoms with Gasteiger partial charge in [0.25, 0.3) is 0 Å². The lowest BCUT2D eigenvalue weighted by molar-refractivity contribution is -0.130. The highest BCUT2D eigenvalue weighted by molar-refractivity contribution is 5.78. The maximum atomic E-state index is 12.1. The van der Waals surface area contributed by atoms with Crippen LogP contribution in [0.5, 0.6) is 5.75 Å². The summed E-state index contributed by atoms with van der Waals surface area (Å²) in [6.07, 6.45) is 3.41. The van der Waals surface area contributed by atoms with Gasteiger partial charge in [0.1, 0.15) is 11.9 Å². The van der Waals surface area contributed by atoms with E-state index in [9.17, 15) is 4.79 Å². The largest absolute Gasteiger partial charge is 0.488 e. The summed E-state index contributed by atoms with van der Waals surface area (Å²) in [5.41, 5.74) is 1.26. The Kier molecular flexibility index (Phi) is 3.92. The minimum absolute atomic E-state index is 0.149. The number of likely N-dealkylation sites (N-methyl/N-ethyl adjacent to an activating group) is 1. The smallest absolute Gasteiger partial charge is 0.236 e. The van der Waals surface area contributed by atoms with E-state index in [0.29, 0.717) is 12.6 Å². The Labute approximate surface area is 120 Å². The van der Waals surface area contributed by atoms with Crippen LogP contribution in [-0.2, 0) is 11.2 Å². The van der Waals surface area contributed by atoms with E-state index in [-0.39, 0.29) is 12.0 Å². The fourth-order valence-corrected chi connectivity index (χ4v) is 2.83. The normalized spacial score (nSPS) is 20.4. The van der Waals surface area contributed by atoms with Crippen molar-refractivity contribution in [1.82, 2.24) is 10.2 Å². The molecule has 0 radical (unpaired) electrons. The first kappa shape index (κ1) is 13.4. The molecule has 2 aliphatic rings. The van der Waals surface area contributed by atoms with Crippen LogP contribution in [-0.4, -0.2) is 42.6 Å². The van der Waals surface area contributed by atoms with Gasteiger partial charge in [-0.2, -0.15) is 0 Å². The fraction of sp³-hybridized carbons (Fsp3) is 0.562. The van der Waals surface area contributed by atoms with Crippen LogP contribution >= 0.6 is 0 Å². The standard InChI is InChI=1S/C16H22N2O2/c1-2-18(13-7-8-13)16(19)11-17-10-14-9-12-5-3-4-6-15(12)20-14/h3-6,13-14,17H,2,7-11H2,1H3. The maximum absolute atomic E-state index is 12.1. The summed E-state index contributed by atoms with van der Waals surface area (Å²) in [5.74, 6) is 1.20. The van der Waals surface area contributed by atoms with Gasteiger partial charge in [-0.25, -0.2) is 0 Å². The third-order valence-corrected chi connectivity index (χ3v) is 4.01. The van der Waals surface area contributed by atoms with Crippen molar-refractivity contribution in [2.24, 2.45) is 0 Å². The van der Waals surface area contributed by atoms with Gasteiger partial charge in [-0.1, -0.05) is 18.2 Å². The average Bonchev–Trinajstić information content (AvgIpc) is 3.19. The lowest BCUT2D eigenvalue weighted by Crippen LogP contribution is -2.42. The van der Waals surface area contributed by atoms with Crippen molar-refractivity contribution in [3.63, 3.8) is 0 Å². The number of hydrogen-bond acceptors (Lipinski definition) is 3. The highest BCUT2D eigenvalue weighted by Gasteiger charge is 2.31. The van der Waals surface area contributed by atoms with Gasteiger partial charge in [0.05, 0.1) is 6.54 Å². The monoisotopic (exact) mass is 274 g/mol. The molecule has 1 aromatic carbocycles. The Morgan fingerprint density at radius 1 is 1.40 bits per heavy atom. The number of ether oxygens (including phenoxy) is 1. The summed E-state index contributed by atoms with van der Waals surface area (Å²) in [6.45, 7) is 4.01. The quantitative estimate of drug-likeness (QED) is 0.856. The van der Waals surface area contributed by atoms with Gasteiger partial charge in [-0.05, 0) is 31.4 Å². The summed E-state index contributed by atoms with van der Waals surface area (Å²) in [5, 5.41) is 3.24. The van der Waals surface area contributed by atoms with Crippen LogP contribution in [0.3, 0.4) is 0 Å². The zero-order valence-corrected chi connectivity index (χ0v) is 12.0. The van der Waals surface area contributed by atoms with Crippen LogP contribution < -0.4 is 10.1 Å². The molecule has 0 spiro atoms. The molecule has 3 rings (SSSR count). The predicted octanol–water partition coefficient (Wildman–Crippen LogP) is 1.59. The second-order valence-electron chi connectivity index (χ2n) is 5.59. The number of nitrogens with zero attached hydrogens (tertiary/aromatic N) is 1. The molecule has 1 amide bonds. The van der Waals surface area contributed by atoms with E-state index in [4.69, 9.17) is 4.74 Å². The fourth-order valence-electron chi connectivity index (χ4n) is 2.83. The number of amides is 1. The predicted molar refractivity (Wildman–Crippen MR) is 77.8 cm³/mol. The third kappa shape index (κ3) is 2.96. The average molecular weight is 274 g/mol. The Bertz CT molecular complexity index is 460. The number of fused-ring (bicyclic) bond motifs is 1. The number of hydrogen-bond donors (Lipinski definition) is 1. The van der Waals surface area contributed by atoms with Gasteiger partial charge in [-0.15, -0.1) is 0 Å². The van der Waals surface area contributed by atoms with E-state index < -0.39 is 0 Å². The number of para-hydroxylation sites is 1. The molecular weight excluding hydrogens is 252 g/mol. The van der Waals surface area contributed by atoms with Crippen LogP contribution in [0, 0.1) is 0 Å². The van der Waals surface area contributed by atoms with Gasteiger partial charge in [0, 0.05) is 25.6 Å². The second-order valence-corrected chi connectivity index (χ2v) is 5.59. The van der Waals surface area contributed by atoms with Crippen LogP contribution in [0.15, 0.2) is 24.3 Å². The van der Waals surface area contributed by atoms with E-state index in [1.54, 1.807) is 0 Å². The van der Waals surface area contributed by atoms with Crippen LogP contribution in [0.4, 0.5) is 0 Å². The molecule has 0 bridgehead atoms. The Morgan fingerprint density at radius 2 is 2.20 bits per heavy atom. The van der Waals surface area contributed by atoms with Crippen molar-refractivity contribution in [3.05, 3.63) is 29.8 Å². The second kappa shape index (κ2) is 5.83. The van der Waals surface area contributed by atoms with Crippen LogP contribution in [0.1, 0.15) is 25.3 Å². The number of carbonyl (C=O) groups excluding carboxylic acids is 1. The topological polar surface area (TPSA) is 41.6 Å². The van der Waals surface area contributed by atoms with Crippen molar-refractivity contribution < 1.29 is 9.53 Å². The van der Waals surface area contributed by atoms with Crippen molar-refractivity contribution >= 4 is 5.91 Å². The summed E-state index contributed by atoms with van der Waals surface area (Å²) >= 11 is 0. The molecule has 1 heterocycles. The van der Waals surface area contributed by atoms with Crippen molar-refractivity contribution in [2.75, 3.05) is 19.6 Å². The molecule has 1 unspecified atom stereocenters. The minimum atomic E-state index is 0.149. The van der Waals surface area contributed by atoms with Gasteiger partial charge in [0.15, 0.2) is 0 Å². The van der Waals surface area contributed by atoms with E-state index in [1.807, 2.05) is 30.0 Å². The first-order chi connectivity index (χ1) is 9.78. The molecular formula is C16H22N2O2. The molecule has 1 atom stereocenters. The Hall–Kier alpha value is -1.55. The molecule has 20 heavy (non-hydrogen) atoms. The summed E-state index contributed by atoms with van der Waals surface area (Å²) in [7, 11) is 0. The van der Waals surface area contributed by atoms with Crippen LogP contribution in [0.25, 0.3) is 0 Å². The zero-order valence-electron chi connectivity index (χ0n) is 12.0. The summed E-state index contributed by atoms with van der Waals surface area (Å²) in [4.78, 5) is 14.1. The SMILES string of the molecule is CCN(C(=O)CNCC1Cc2ccccc2O1)C1CC1. The Balaban J connectivity index is 1.42. The maximum Gasteiger partial charge on any atom is 0.236 e. The lowest BCUT2D eigenvalue weighted by atomic mass is 10.1. The molecule has 108 valence electrons. The van der Waals surface area contributed by atoms with Crippen LogP contribution in [0.2, 0.25) is 0 Å². The van der Waals surface area contributed by atoms with Gasteiger partial charge in [0.2, 0.25) is 5.91 Å². The summed E-state index contributed by atoms with van der Waals surface area (Å²) in [6, 6.07) is 8.64. The number of nitrogens with one attached hydrogen (secondary N) is 1. The summed E-state index contributed by atoms with van der Waals surface area (Å²) < 4.78 is 5.85. The van der Waals surface area contributed by atoms with Crippen molar-refractivity contribution in [2.45, 2.75) is 38.3 Å². The lowest BCUT2D eigenvalue weighted by Gasteiger charge is -2.21. The first-order valence-corrected chi connectivity index (χ1v) is 7.52. The molecule has 0 aromatic heterocycles. The molecule has 1 aliphatic carbocycles. The molecule has 1 saturated carbocycles. The van der Waals surface area contributed by atoms with Gasteiger partial charge >= 0.3 is 0 Å². The van der Waals surface area contributed by atoms with E-state index in [1.165, 1.54) is 18.4 Å². The van der Waals surface area contributed by atoms with E-state index >= 15 is 0 Å². The highest BCUT2D eigenvalue weighted by Crippen LogP contribution is 2.28. The van der Waals surface area contributed by atoms with Crippen molar-refractivity contribution in [1.29, 1.82) is 0 Å². The molecule has 4 heteroatoms. The minimum Gasteiger partial charge on any atom is -0.488 e. The Morgan fingerprint density at radius 3 is 2.90 bits per heavy atom. The zero-order chi connectivity index (χ0) is 13.9.